The zero-order chi connectivity index (χ0) is 21.5. The highest BCUT2D eigenvalue weighted by Gasteiger charge is 2.39. The van der Waals surface area contributed by atoms with E-state index in [0.29, 0.717) is 31.6 Å². The highest BCUT2D eigenvalue weighted by atomic mass is 16.7. The minimum Gasteiger partial charge on any atom is -0.481 e. The van der Waals surface area contributed by atoms with Crippen LogP contribution in [-0.4, -0.2) is 45.6 Å². The molecule has 0 saturated heterocycles. The molecule has 162 valence electrons. The number of Topliss-reactive ketones (excluding diaryl/α,β-unsaturated/α-hetero) is 1. The van der Waals surface area contributed by atoms with Crippen LogP contribution in [0.1, 0.15) is 37.7 Å². The fourth-order valence-electron chi connectivity index (χ4n) is 3.83. The van der Waals surface area contributed by atoms with Crippen LogP contribution in [0.3, 0.4) is 0 Å². The van der Waals surface area contributed by atoms with E-state index in [2.05, 4.69) is 0 Å². The van der Waals surface area contributed by atoms with E-state index >= 15 is 0 Å². The third kappa shape index (κ3) is 5.78. The number of allylic oxidation sites excluding steroid dienone is 2. The molecule has 0 aromatic heterocycles. The van der Waals surface area contributed by atoms with Gasteiger partial charge >= 0.3 is 5.97 Å². The third-order valence-electron chi connectivity index (χ3n) is 5.48. The average molecular weight is 416 g/mol. The van der Waals surface area contributed by atoms with Crippen LogP contribution in [0, 0.1) is 11.8 Å². The molecule has 30 heavy (non-hydrogen) atoms. The average Bonchev–Trinajstić information content (AvgIpc) is 3.00. The van der Waals surface area contributed by atoms with Gasteiger partial charge in [0.25, 0.3) is 0 Å². The number of aliphatic carboxylic acids is 1. The first-order valence-electron chi connectivity index (χ1n) is 10.3. The van der Waals surface area contributed by atoms with Crippen LogP contribution in [0.4, 0.5) is 0 Å². The molecule has 1 aliphatic carbocycles. The first-order valence-corrected chi connectivity index (χ1v) is 10.3. The number of hydrogen-bond acceptors (Lipinski definition) is 6. The molecule has 1 aromatic carbocycles. The van der Waals surface area contributed by atoms with Crippen molar-refractivity contribution in [2.45, 2.75) is 57.2 Å². The van der Waals surface area contributed by atoms with E-state index in [0.717, 1.165) is 5.56 Å². The van der Waals surface area contributed by atoms with Gasteiger partial charge in [0.05, 0.1) is 12.7 Å². The van der Waals surface area contributed by atoms with E-state index in [9.17, 15) is 19.8 Å². The van der Waals surface area contributed by atoms with Crippen molar-refractivity contribution in [2.75, 3.05) is 0 Å². The number of ether oxygens (including phenoxy) is 2. The topological polar surface area (TPSA) is 113 Å². The van der Waals surface area contributed by atoms with Crippen LogP contribution in [0.15, 0.2) is 48.6 Å². The molecule has 1 aromatic rings. The van der Waals surface area contributed by atoms with Crippen LogP contribution >= 0.6 is 0 Å². The second-order valence-corrected chi connectivity index (χ2v) is 7.70. The Labute approximate surface area is 175 Å². The number of ketones is 1. The lowest BCUT2D eigenvalue weighted by molar-refractivity contribution is -0.152. The lowest BCUT2D eigenvalue weighted by Gasteiger charge is -2.28. The monoisotopic (exact) mass is 416 g/mol. The minimum absolute atomic E-state index is 0.0130. The minimum atomic E-state index is -1.03. The number of fused-ring (bicyclic) bond motifs is 1. The molecule has 0 spiro atoms. The number of carboxylic acid groups (broad SMARTS) is 1. The van der Waals surface area contributed by atoms with Crippen molar-refractivity contribution in [3.63, 3.8) is 0 Å². The third-order valence-corrected chi connectivity index (χ3v) is 5.48. The van der Waals surface area contributed by atoms with Crippen molar-refractivity contribution in [3.05, 3.63) is 54.1 Å². The number of benzene rings is 1. The quantitative estimate of drug-likeness (QED) is 0.419. The lowest BCUT2D eigenvalue weighted by atomic mass is 9.90. The SMILES string of the molecule is O=C(O)CCCC=CC[C@H]1C(=O)C[C@@H](O)[C@@H]1C=C[C@@H](O)[C@H]1OCc2ccccc2O1. The molecule has 1 saturated carbocycles. The van der Waals surface area contributed by atoms with Gasteiger partial charge in [-0.2, -0.15) is 0 Å². The molecular formula is C23H28O7. The van der Waals surface area contributed by atoms with E-state index in [4.69, 9.17) is 14.6 Å². The molecule has 3 rings (SSSR count). The smallest absolute Gasteiger partial charge is 0.303 e. The van der Waals surface area contributed by atoms with Gasteiger partial charge in [-0.05, 0) is 25.3 Å². The summed E-state index contributed by atoms with van der Waals surface area (Å²) in [7, 11) is 0. The number of hydrogen-bond donors (Lipinski definition) is 3. The molecule has 7 heteroatoms. The van der Waals surface area contributed by atoms with Crippen molar-refractivity contribution in [1.82, 2.24) is 0 Å². The second-order valence-electron chi connectivity index (χ2n) is 7.70. The molecule has 1 heterocycles. The molecular weight excluding hydrogens is 388 g/mol. The molecule has 5 atom stereocenters. The highest BCUT2D eigenvalue weighted by Crippen LogP contribution is 2.34. The number of carboxylic acids is 1. The van der Waals surface area contributed by atoms with E-state index in [-0.39, 0.29) is 24.5 Å². The van der Waals surface area contributed by atoms with Gasteiger partial charge in [0.2, 0.25) is 6.29 Å². The Bertz CT molecular complexity index is 800. The number of aliphatic hydroxyl groups is 2. The van der Waals surface area contributed by atoms with E-state index in [1.165, 1.54) is 6.08 Å². The van der Waals surface area contributed by atoms with E-state index in [1.807, 2.05) is 36.4 Å². The summed E-state index contributed by atoms with van der Waals surface area (Å²) in [5.41, 5.74) is 0.914. The molecule has 2 aliphatic rings. The lowest BCUT2D eigenvalue weighted by Crippen LogP contribution is -2.36. The Morgan fingerprint density at radius 2 is 2.07 bits per heavy atom. The van der Waals surface area contributed by atoms with Crippen molar-refractivity contribution < 1.29 is 34.4 Å². The number of carbonyl (C=O) groups is 2. The maximum atomic E-state index is 12.3. The fourth-order valence-corrected chi connectivity index (χ4v) is 3.83. The molecule has 3 N–H and O–H groups in total. The van der Waals surface area contributed by atoms with Gasteiger partial charge in [0.15, 0.2) is 0 Å². The summed E-state index contributed by atoms with van der Waals surface area (Å²) >= 11 is 0. The predicted octanol–water partition coefficient (Wildman–Crippen LogP) is 2.61. The summed E-state index contributed by atoms with van der Waals surface area (Å²) in [4.78, 5) is 22.8. The highest BCUT2D eigenvalue weighted by molar-refractivity contribution is 5.84. The van der Waals surface area contributed by atoms with Crippen LogP contribution in [0.5, 0.6) is 5.75 Å². The van der Waals surface area contributed by atoms with Crippen LogP contribution in [-0.2, 0) is 20.9 Å². The Morgan fingerprint density at radius 3 is 2.87 bits per heavy atom. The molecule has 0 unspecified atom stereocenters. The van der Waals surface area contributed by atoms with Gasteiger partial charge < -0.3 is 24.8 Å². The number of aliphatic hydroxyl groups excluding tert-OH is 2. The summed E-state index contributed by atoms with van der Waals surface area (Å²) in [5, 5.41) is 29.4. The first-order chi connectivity index (χ1) is 14.5. The van der Waals surface area contributed by atoms with Gasteiger partial charge in [-0.3, -0.25) is 9.59 Å². The van der Waals surface area contributed by atoms with E-state index in [1.54, 1.807) is 6.08 Å². The van der Waals surface area contributed by atoms with Crippen molar-refractivity contribution in [1.29, 1.82) is 0 Å². The van der Waals surface area contributed by atoms with Crippen molar-refractivity contribution >= 4 is 11.8 Å². The zero-order valence-corrected chi connectivity index (χ0v) is 16.7. The zero-order valence-electron chi connectivity index (χ0n) is 16.7. The molecule has 1 aliphatic heterocycles. The molecule has 1 fully saturated rings. The van der Waals surface area contributed by atoms with Crippen LogP contribution in [0.25, 0.3) is 0 Å². The van der Waals surface area contributed by atoms with Crippen molar-refractivity contribution in [2.24, 2.45) is 11.8 Å². The Kier molecular flexibility index (Phi) is 7.79. The molecule has 0 radical (unpaired) electrons. The summed E-state index contributed by atoms with van der Waals surface area (Å²) < 4.78 is 11.3. The van der Waals surface area contributed by atoms with Gasteiger partial charge in [0, 0.05) is 30.2 Å². The number of unbranched alkanes of at least 4 members (excludes halogenated alkanes) is 1. The van der Waals surface area contributed by atoms with Crippen LogP contribution in [0.2, 0.25) is 0 Å². The summed E-state index contributed by atoms with van der Waals surface area (Å²) in [6.45, 7) is 0.339. The summed E-state index contributed by atoms with van der Waals surface area (Å²) in [6.07, 6.45) is 6.12. The number of para-hydroxylation sites is 1. The molecule has 0 amide bonds. The van der Waals surface area contributed by atoms with Gasteiger partial charge in [-0.15, -0.1) is 0 Å². The Balaban J connectivity index is 1.55. The van der Waals surface area contributed by atoms with Gasteiger partial charge in [-0.1, -0.05) is 42.5 Å². The normalized spacial score (nSPS) is 27.3. The number of carbonyl (C=O) groups excluding carboxylic acids is 1. The van der Waals surface area contributed by atoms with E-state index < -0.39 is 30.4 Å². The Hall–Kier alpha value is -2.48. The molecule has 0 bridgehead atoms. The summed E-state index contributed by atoms with van der Waals surface area (Å²) in [5.74, 6) is -0.931. The van der Waals surface area contributed by atoms with Crippen molar-refractivity contribution in [3.8, 4) is 5.75 Å². The largest absolute Gasteiger partial charge is 0.481 e. The standard InChI is InChI=1S/C23H28O7/c24-18(23-29-14-15-7-5-6-9-21(15)30-23)12-11-17-16(19(25)13-20(17)26)8-3-1-2-4-10-22(27)28/h1,3,5-7,9,11-12,16-18,20,23-24,26H,2,4,8,10,13-14H2,(H,27,28)/t16-,17-,18-,20-,23+/m1/s1. The van der Waals surface area contributed by atoms with Gasteiger partial charge in [-0.25, -0.2) is 0 Å². The maximum absolute atomic E-state index is 12.3. The summed E-state index contributed by atoms with van der Waals surface area (Å²) in [6, 6.07) is 7.46. The Morgan fingerprint density at radius 1 is 1.27 bits per heavy atom. The fraction of sp³-hybridized carbons (Fsp3) is 0.478. The van der Waals surface area contributed by atoms with Crippen LogP contribution < -0.4 is 4.74 Å². The number of rotatable bonds is 9. The maximum Gasteiger partial charge on any atom is 0.303 e. The predicted molar refractivity (Wildman–Crippen MR) is 109 cm³/mol. The second kappa shape index (κ2) is 10.5. The van der Waals surface area contributed by atoms with Gasteiger partial charge in [0.1, 0.15) is 17.6 Å². The molecule has 7 nitrogen and oxygen atoms in total. The first kappa shape index (κ1) is 22.2.